The van der Waals surface area contributed by atoms with Gasteiger partial charge < -0.3 is 9.47 Å². The van der Waals surface area contributed by atoms with E-state index >= 15 is 0 Å². The first-order chi connectivity index (χ1) is 26.8. The van der Waals surface area contributed by atoms with E-state index in [0.717, 1.165) is 22.7 Å². The molecule has 0 N–H and O–H groups in total. The Kier molecular flexibility index (Phi) is 7.85. The van der Waals surface area contributed by atoms with Gasteiger partial charge in [-0.25, -0.2) is 0 Å². The van der Waals surface area contributed by atoms with Crippen molar-refractivity contribution in [1.29, 1.82) is 0 Å². The van der Waals surface area contributed by atoms with Gasteiger partial charge in [0, 0.05) is 33.5 Å². The first kappa shape index (κ1) is 31.6. The fraction of sp³-hybridized carbons (Fsp3) is 0. The second-order valence-electron chi connectivity index (χ2n) is 13.8. The molecule has 10 rings (SSSR count). The SMILES string of the molecule is c1ccc(-c2cccc3cccc(-c4cccc(N(c5ccccc5)c5ccc(-c6cccc(-n7c8ccccc8c8ccccc87)c6)cc5)c4)c23)cc1. The third kappa shape index (κ3) is 5.53. The minimum atomic E-state index is 1.10. The monoisotopic (exact) mass is 688 g/mol. The Hall–Kier alpha value is -7.16. The number of fused-ring (bicyclic) bond motifs is 4. The Morgan fingerprint density at radius 3 is 1.54 bits per heavy atom. The zero-order valence-corrected chi connectivity index (χ0v) is 29.7. The predicted molar refractivity (Wildman–Crippen MR) is 229 cm³/mol. The number of benzene rings is 9. The molecule has 1 heterocycles. The Morgan fingerprint density at radius 1 is 0.315 bits per heavy atom. The lowest BCUT2D eigenvalue weighted by atomic mass is 9.91. The lowest BCUT2D eigenvalue weighted by Crippen LogP contribution is -2.09. The summed E-state index contributed by atoms with van der Waals surface area (Å²) >= 11 is 0. The highest BCUT2D eigenvalue weighted by molar-refractivity contribution is 6.09. The van der Waals surface area contributed by atoms with Crippen molar-refractivity contribution in [2.45, 2.75) is 0 Å². The molecule has 0 saturated carbocycles. The molecule has 0 fully saturated rings. The molecule has 0 amide bonds. The van der Waals surface area contributed by atoms with Crippen LogP contribution in [0.4, 0.5) is 17.1 Å². The van der Waals surface area contributed by atoms with Gasteiger partial charge in [-0.15, -0.1) is 0 Å². The summed E-state index contributed by atoms with van der Waals surface area (Å²) in [6.07, 6.45) is 0. The zero-order chi connectivity index (χ0) is 35.8. The predicted octanol–water partition coefficient (Wildman–Crippen LogP) is 14.4. The molecule has 1 aromatic heterocycles. The minimum absolute atomic E-state index is 1.10. The van der Waals surface area contributed by atoms with Crippen LogP contribution in [0.3, 0.4) is 0 Å². The van der Waals surface area contributed by atoms with Crippen molar-refractivity contribution < 1.29 is 0 Å². The summed E-state index contributed by atoms with van der Waals surface area (Å²) < 4.78 is 2.38. The van der Waals surface area contributed by atoms with Crippen molar-refractivity contribution >= 4 is 49.6 Å². The molecule has 0 atom stereocenters. The van der Waals surface area contributed by atoms with Gasteiger partial charge in [-0.1, -0.05) is 158 Å². The second kappa shape index (κ2) is 13.4. The van der Waals surface area contributed by atoms with Crippen molar-refractivity contribution in [3.05, 3.63) is 218 Å². The number of hydrogen-bond donors (Lipinski definition) is 0. The van der Waals surface area contributed by atoms with Crippen LogP contribution in [0.25, 0.3) is 71.6 Å². The van der Waals surface area contributed by atoms with Gasteiger partial charge in [0.15, 0.2) is 0 Å². The van der Waals surface area contributed by atoms with Gasteiger partial charge in [0.05, 0.1) is 11.0 Å². The maximum Gasteiger partial charge on any atom is 0.0541 e. The average Bonchev–Trinajstić information content (AvgIpc) is 3.59. The smallest absolute Gasteiger partial charge is 0.0541 e. The zero-order valence-electron chi connectivity index (χ0n) is 29.7. The maximum atomic E-state index is 2.38. The molecule has 2 nitrogen and oxygen atoms in total. The highest BCUT2D eigenvalue weighted by Crippen LogP contribution is 2.41. The van der Waals surface area contributed by atoms with E-state index in [-0.39, 0.29) is 0 Å². The van der Waals surface area contributed by atoms with E-state index in [2.05, 4.69) is 228 Å². The number of anilines is 3. The minimum Gasteiger partial charge on any atom is -0.310 e. The van der Waals surface area contributed by atoms with Crippen LogP contribution in [0, 0.1) is 0 Å². The van der Waals surface area contributed by atoms with Crippen LogP contribution in [0.15, 0.2) is 218 Å². The molecule has 10 aromatic rings. The summed E-state index contributed by atoms with van der Waals surface area (Å²) in [6, 6.07) is 78.8. The van der Waals surface area contributed by atoms with Crippen LogP contribution < -0.4 is 4.90 Å². The van der Waals surface area contributed by atoms with E-state index in [1.807, 2.05) is 0 Å². The topological polar surface area (TPSA) is 8.17 Å². The van der Waals surface area contributed by atoms with Crippen molar-refractivity contribution in [3.8, 4) is 39.1 Å². The molecule has 9 aromatic carbocycles. The number of aromatic nitrogens is 1. The van der Waals surface area contributed by atoms with E-state index in [0.29, 0.717) is 0 Å². The Balaban J connectivity index is 1.05. The van der Waals surface area contributed by atoms with Crippen LogP contribution in [0.2, 0.25) is 0 Å². The molecule has 54 heavy (non-hydrogen) atoms. The molecule has 0 unspecified atom stereocenters. The molecule has 0 spiro atoms. The van der Waals surface area contributed by atoms with E-state index in [4.69, 9.17) is 0 Å². The molecule has 0 aliphatic heterocycles. The normalized spacial score (nSPS) is 11.3. The van der Waals surface area contributed by atoms with Crippen LogP contribution in [0.1, 0.15) is 0 Å². The maximum absolute atomic E-state index is 2.38. The molecular formula is C52H36N2. The Morgan fingerprint density at radius 2 is 0.833 bits per heavy atom. The number of nitrogens with zero attached hydrogens (tertiary/aromatic N) is 2. The van der Waals surface area contributed by atoms with Gasteiger partial charge in [0.25, 0.3) is 0 Å². The lowest BCUT2D eigenvalue weighted by Gasteiger charge is -2.26. The van der Waals surface area contributed by atoms with E-state index in [1.165, 1.54) is 66.0 Å². The standard InChI is InChI=1S/C52H36N2/c1-3-15-38(16-4-1)46-27-13-17-39-18-14-28-47(52(39)46)41-20-12-23-44(36-41)53(42-21-5-2-6-22-42)43-33-31-37(32-34-43)40-19-11-24-45(35-40)54-50-29-9-7-25-48(50)49-26-8-10-30-51(49)54/h1-36H. The summed E-state index contributed by atoms with van der Waals surface area (Å²) in [5, 5.41) is 5.04. The lowest BCUT2D eigenvalue weighted by molar-refractivity contribution is 1.18. The van der Waals surface area contributed by atoms with Gasteiger partial charge >= 0.3 is 0 Å². The quantitative estimate of drug-likeness (QED) is 0.162. The first-order valence-corrected chi connectivity index (χ1v) is 18.5. The number of hydrogen-bond acceptors (Lipinski definition) is 1. The van der Waals surface area contributed by atoms with Gasteiger partial charge in [-0.05, 0) is 105 Å². The van der Waals surface area contributed by atoms with Crippen molar-refractivity contribution in [1.82, 2.24) is 4.57 Å². The average molecular weight is 689 g/mol. The molecule has 0 radical (unpaired) electrons. The highest BCUT2D eigenvalue weighted by Gasteiger charge is 2.17. The van der Waals surface area contributed by atoms with E-state index in [9.17, 15) is 0 Å². The summed E-state index contributed by atoms with van der Waals surface area (Å²) in [6.45, 7) is 0. The molecular weight excluding hydrogens is 653 g/mol. The number of para-hydroxylation sites is 3. The van der Waals surface area contributed by atoms with Gasteiger partial charge in [-0.3, -0.25) is 0 Å². The van der Waals surface area contributed by atoms with Crippen LogP contribution in [-0.2, 0) is 0 Å². The fourth-order valence-corrected chi connectivity index (χ4v) is 8.10. The van der Waals surface area contributed by atoms with Crippen LogP contribution >= 0.6 is 0 Å². The summed E-state index contributed by atoms with van der Waals surface area (Å²) in [5.74, 6) is 0. The third-order valence-corrected chi connectivity index (χ3v) is 10.6. The summed E-state index contributed by atoms with van der Waals surface area (Å²) in [5.41, 5.74) is 14.1. The largest absolute Gasteiger partial charge is 0.310 e. The second-order valence-corrected chi connectivity index (χ2v) is 13.8. The molecule has 0 aliphatic rings. The molecule has 0 aliphatic carbocycles. The van der Waals surface area contributed by atoms with Crippen molar-refractivity contribution in [3.63, 3.8) is 0 Å². The van der Waals surface area contributed by atoms with Gasteiger partial charge in [-0.2, -0.15) is 0 Å². The van der Waals surface area contributed by atoms with Crippen LogP contribution in [0.5, 0.6) is 0 Å². The third-order valence-electron chi connectivity index (χ3n) is 10.6. The molecule has 2 heteroatoms. The highest BCUT2D eigenvalue weighted by atomic mass is 15.1. The van der Waals surface area contributed by atoms with E-state index in [1.54, 1.807) is 0 Å². The molecule has 254 valence electrons. The van der Waals surface area contributed by atoms with Gasteiger partial charge in [0.1, 0.15) is 0 Å². The Bertz CT molecular complexity index is 2860. The fourth-order valence-electron chi connectivity index (χ4n) is 8.10. The van der Waals surface area contributed by atoms with E-state index < -0.39 is 0 Å². The van der Waals surface area contributed by atoms with Crippen LogP contribution in [-0.4, -0.2) is 4.57 Å². The Labute approximate surface area is 315 Å². The summed E-state index contributed by atoms with van der Waals surface area (Å²) in [4.78, 5) is 2.35. The first-order valence-electron chi connectivity index (χ1n) is 18.5. The van der Waals surface area contributed by atoms with Crippen molar-refractivity contribution in [2.75, 3.05) is 4.90 Å². The summed E-state index contributed by atoms with van der Waals surface area (Å²) in [7, 11) is 0. The van der Waals surface area contributed by atoms with Gasteiger partial charge in [0.2, 0.25) is 0 Å². The van der Waals surface area contributed by atoms with Crippen molar-refractivity contribution in [2.24, 2.45) is 0 Å². The molecule has 0 bridgehead atoms. The molecule has 0 saturated heterocycles. The number of rotatable bonds is 7.